The predicted octanol–water partition coefficient (Wildman–Crippen LogP) is 3.52. The number of amides is 2. The minimum absolute atomic E-state index is 0.0242. The topological polar surface area (TPSA) is 100.0 Å². The van der Waals surface area contributed by atoms with Crippen LogP contribution in [0.15, 0.2) is 34.5 Å². The molecule has 1 atom stereocenters. The number of nitrogens with one attached hydrogen (secondary N) is 2. The molecule has 2 fully saturated rings. The van der Waals surface area contributed by atoms with Gasteiger partial charge < -0.3 is 10.6 Å². The average Bonchev–Trinajstić information content (AvgIpc) is 2.85. The normalized spacial score (nSPS) is 21.2. The summed E-state index contributed by atoms with van der Waals surface area (Å²) in [5, 5.41) is 13.8. The summed E-state index contributed by atoms with van der Waals surface area (Å²) in [4.78, 5) is 35.9. The molecule has 7 nitrogen and oxygen atoms in total. The third kappa shape index (κ3) is 5.76. The standard InChI is InChI=1S/C20H24N4O3S/c1-13(25)14-7-6-10-16(11-14)21-18(26)12-17-19(27)22-20(28-17)24-23-15-8-4-2-3-5-9-15/h6-7,10-11,17H,2-5,8-9,12H2,1H3,(H,21,26)(H,22,24,27)/t17-/m1/s1. The molecule has 2 N–H and O–H groups in total. The number of hydrogen-bond acceptors (Lipinski definition) is 6. The minimum Gasteiger partial charge on any atom is -0.326 e. The lowest BCUT2D eigenvalue weighted by Gasteiger charge is -2.08. The van der Waals surface area contributed by atoms with Crippen LogP contribution in [0.25, 0.3) is 0 Å². The molecule has 1 saturated carbocycles. The SMILES string of the molecule is CC(=O)c1cccc(NC(=O)C[C@H]2S/C(=N/N=C3CCCCCC3)NC2=O)c1. The van der Waals surface area contributed by atoms with Crippen molar-refractivity contribution < 1.29 is 14.4 Å². The fourth-order valence-corrected chi connectivity index (χ4v) is 4.05. The second kappa shape index (κ2) is 9.64. The number of nitrogens with zero attached hydrogens (tertiary/aromatic N) is 2. The molecule has 1 aromatic rings. The molecule has 1 saturated heterocycles. The van der Waals surface area contributed by atoms with E-state index in [9.17, 15) is 14.4 Å². The smallest absolute Gasteiger partial charge is 0.240 e. The second-order valence-corrected chi connectivity index (χ2v) is 8.16. The molecule has 2 amide bonds. The van der Waals surface area contributed by atoms with E-state index in [4.69, 9.17) is 0 Å². The van der Waals surface area contributed by atoms with Crippen molar-refractivity contribution in [3.8, 4) is 0 Å². The van der Waals surface area contributed by atoms with Crippen molar-refractivity contribution in [1.82, 2.24) is 5.32 Å². The number of thioether (sulfide) groups is 1. The Morgan fingerprint density at radius 1 is 1.18 bits per heavy atom. The first-order valence-corrected chi connectivity index (χ1v) is 10.4. The Morgan fingerprint density at radius 3 is 2.64 bits per heavy atom. The monoisotopic (exact) mass is 400 g/mol. The molecule has 1 aromatic carbocycles. The summed E-state index contributed by atoms with van der Waals surface area (Å²) >= 11 is 1.23. The fraction of sp³-hybridized carbons (Fsp3) is 0.450. The molecule has 3 rings (SSSR count). The molecule has 0 aromatic heterocycles. The molecule has 1 aliphatic carbocycles. The van der Waals surface area contributed by atoms with Gasteiger partial charge >= 0.3 is 0 Å². The number of rotatable bonds is 5. The van der Waals surface area contributed by atoms with Gasteiger partial charge in [0, 0.05) is 23.4 Å². The van der Waals surface area contributed by atoms with Crippen molar-refractivity contribution in [2.45, 2.75) is 57.1 Å². The molecule has 2 aliphatic rings. The Balaban J connectivity index is 1.56. The number of ketones is 1. The molecule has 0 spiro atoms. The first-order chi connectivity index (χ1) is 13.5. The molecule has 8 heteroatoms. The van der Waals surface area contributed by atoms with Crippen LogP contribution in [-0.4, -0.2) is 33.7 Å². The van der Waals surface area contributed by atoms with Crippen LogP contribution in [-0.2, 0) is 9.59 Å². The van der Waals surface area contributed by atoms with Crippen LogP contribution in [0.3, 0.4) is 0 Å². The first kappa shape index (κ1) is 20.3. The third-order valence-corrected chi connectivity index (χ3v) is 5.74. The molecular formula is C20H24N4O3S. The van der Waals surface area contributed by atoms with Crippen molar-refractivity contribution in [3.63, 3.8) is 0 Å². The van der Waals surface area contributed by atoms with E-state index >= 15 is 0 Å². The quantitative estimate of drug-likeness (QED) is 0.449. The first-order valence-electron chi connectivity index (χ1n) is 9.53. The zero-order valence-electron chi connectivity index (χ0n) is 15.9. The van der Waals surface area contributed by atoms with Gasteiger partial charge in [0.2, 0.25) is 11.8 Å². The number of carbonyl (C=O) groups is 3. The van der Waals surface area contributed by atoms with Gasteiger partial charge in [-0.3, -0.25) is 14.4 Å². The van der Waals surface area contributed by atoms with Crippen molar-refractivity contribution in [2.75, 3.05) is 5.32 Å². The van der Waals surface area contributed by atoms with Crippen LogP contribution in [0.1, 0.15) is 62.2 Å². The van der Waals surface area contributed by atoms with Crippen LogP contribution in [0.2, 0.25) is 0 Å². The predicted molar refractivity (Wildman–Crippen MR) is 112 cm³/mol. The van der Waals surface area contributed by atoms with Gasteiger partial charge in [0.1, 0.15) is 5.25 Å². The number of carbonyl (C=O) groups excluding carboxylic acids is 3. The maximum atomic E-state index is 12.3. The lowest BCUT2D eigenvalue weighted by atomic mass is 10.1. The fourth-order valence-electron chi connectivity index (χ4n) is 3.14. The molecule has 0 radical (unpaired) electrons. The highest BCUT2D eigenvalue weighted by Gasteiger charge is 2.32. The molecule has 0 unspecified atom stereocenters. The summed E-state index contributed by atoms with van der Waals surface area (Å²) in [6.45, 7) is 1.47. The van der Waals surface area contributed by atoms with E-state index in [0.717, 1.165) is 31.4 Å². The van der Waals surface area contributed by atoms with Crippen molar-refractivity contribution in [2.24, 2.45) is 10.2 Å². The summed E-state index contributed by atoms with van der Waals surface area (Å²) in [7, 11) is 0. The van der Waals surface area contributed by atoms with Gasteiger partial charge in [-0.1, -0.05) is 36.7 Å². The summed E-state index contributed by atoms with van der Waals surface area (Å²) in [5.74, 6) is -0.597. The molecule has 1 heterocycles. The number of benzene rings is 1. The third-order valence-electron chi connectivity index (χ3n) is 4.66. The Bertz CT molecular complexity index is 824. The van der Waals surface area contributed by atoms with Crippen LogP contribution in [0, 0.1) is 0 Å². The average molecular weight is 401 g/mol. The number of amidine groups is 1. The largest absolute Gasteiger partial charge is 0.326 e. The molecule has 28 heavy (non-hydrogen) atoms. The van der Waals surface area contributed by atoms with E-state index in [-0.39, 0.29) is 24.0 Å². The van der Waals surface area contributed by atoms with E-state index in [1.165, 1.54) is 31.5 Å². The van der Waals surface area contributed by atoms with Crippen LogP contribution in [0.4, 0.5) is 5.69 Å². The lowest BCUT2D eigenvalue weighted by Crippen LogP contribution is -2.28. The maximum Gasteiger partial charge on any atom is 0.240 e. The summed E-state index contributed by atoms with van der Waals surface area (Å²) in [6, 6.07) is 6.73. The molecule has 1 aliphatic heterocycles. The Hall–Kier alpha value is -2.48. The highest BCUT2D eigenvalue weighted by molar-refractivity contribution is 8.15. The van der Waals surface area contributed by atoms with E-state index in [2.05, 4.69) is 20.8 Å². The highest BCUT2D eigenvalue weighted by atomic mass is 32.2. The van der Waals surface area contributed by atoms with Crippen LogP contribution < -0.4 is 10.6 Å². The molecular weight excluding hydrogens is 376 g/mol. The summed E-state index contributed by atoms with van der Waals surface area (Å²) in [5.41, 5.74) is 2.14. The maximum absolute atomic E-state index is 12.3. The van der Waals surface area contributed by atoms with Crippen molar-refractivity contribution in [3.05, 3.63) is 29.8 Å². The van der Waals surface area contributed by atoms with Gasteiger partial charge in [0.25, 0.3) is 0 Å². The Kier molecular flexibility index (Phi) is 6.97. The van der Waals surface area contributed by atoms with Gasteiger partial charge in [0.15, 0.2) is 11.0 Å². The lowest BCUT2D eigenvalue weighted by molar-refractivity contribution is -0.122. The van der Waals surface area contributed by atoms with E-state index in [1.807, 2.05) is 0 Å². The van der Waals surface area contributed by atoms with Crippen molar-refractivity contribution in [1.29, 1.82) is 0 Å². The van der Waals surface area contributed by atoms with E-state index in [0.29, 0.717) is 16.4 Å². The number of anilines is 1. The number of hydrogen-bond donors (Lipinski definition) is 2. The van der Waals surface area contributed by atoms with Gasteiger partial charge in [-0.25, -0.2) is 0 Å². The summed E-state index contributed by atoms with van der Waals surface area (Å²) in [6.07, 6.45) is 6.67. The van der Waals surface area contributed by atoms with Gasteiger partial charge in [0.05, 0.1) is 0 Å². The molecule has 0 bridgehead atoms. The zero-order chi connectivity index (χ0) is 19.9. The second-order valence-electron chi connectivity index (χ2n) is 6.97. The Morgan fingerprint density at radius 2 is 1.93 bits per heavy atom. The summed E-state index contributed by atoms with van der Waals surface area (Å²) < 4.78 is 0. The Labute approximate surface area is 168 Å². The van der Waals surface area contributed by atoms with E-state index in [1.54, 1.807) is 24.3 Å². The van der Waals surface area contributed by atoms with E-state index < -0.39 is 5.25 Å². The zero-order valence-corrected chi connectivity index (χ0v) is 16.7. The van der Waals surface area contributed by atoms with Crippen LogP contribution >= 0.6 is 11.8 Å². The minimum atomic E-state index is -0.538. The van der Waals surface area contributed by atoms with Gasteiger partial charge in [-0.2, -0.15) is 5.10 Å². The van der Waals surface area contributed by atoms with Crippen molar-refractivity contribution >= 4 is 45.9 Å². The number of Topliss-reactive ketones (excluding diaryl/α,β-unsaturated/α-hetero) is 1. The van der Waals surface area contributed by atoms with Gasteiger partial charge in [-0.05, 0) is 44.7 Å². The molecule has 148 valence electrons. The van der Waals surface area contributed by atoms with Gasteiger partial charge in [-0.15, -0.1) is 5.10 Å². The van der Waals surface area contributed by atoms with Crippen LogP contribution in [0.5, 0.6) is 0 Å². The highest BCUT2D eigenvalue weighted by Crippen LogP contribution is 2.24.